The molecule has 2 aliphatic rings. The molecule has 5 nitrogen and oxygen atoms in total. The van der Waals surface area contributed by atoms with Gasteiger partial charge in [0.05, 0.1) is 6.61 Å². The average Bonchev–Trinajstić information content (AvgIpc) is 3.35. The normalized spacial score (nSPS) is 19.9. The Morgan fingerprint density at radius 1 is 1.40 bits per heavy atom. The summed E-state index contributed by atoms with van der Waals surface area (Å²) in [4.78, 5) is 11.9. The second-order valence-corrected chi connectivity index (χ2v) is 6.95. The summed E-state index contributed by atoms with van der Waals surface area (Å²) in [7, 11) is 0. The van der Waals surface area contributed by atoms with Crippen molar-refractivity contribution < 1.29 is 9.53 Å². The van der Waals surface area contributed by atoms with Crippen molar-refractivity contribution in [3.05, 3.63) is 5.82 Å². The molecular weight excluding hydrogens is 274 g/mol. The molecule has 0 bridgehead atoms. The van der Waals surface area contributed by atoms with Crippen LogP contribution in [-0.4, -0.2) is 32.6 Å². The van der Waals surface area contributed by atoms with Gasteiger partial charge >= 0.3 is 5.97 Å². The molecule has 110 valence electrons. The number of thioether (sulfide) groups is 1. The van der Waals surface area contributed by atoms with Gasteiger partial charge in [-0.25, -0.2) is 0 Å². The number of rotatable bonds is 7. The molecule has 0 saturated heterocycles. The molecule has 0 spiro atoms. The summed E-state index contributed by atoms with van der Waals surface area (Å²) in [6.07, 6.45) is 5.72. The monoisotopic (exact) mass is 295 g/mol. The number of hydrogen-bond donors (Lipinski definition) is 0. The second kappa shape index (κ2) is 5.76. The Hall–Kier alpha value is -1.04. The lowest BCUT2D eigenvalue weighted by molar-refractivity contribution is -0.142. The van der Waals surface area contributed by atoms with Crippen molar-refractivity contribution in [1.29, 1.82) is 0 Å². The van der Waals surface area contributed by atoms with Crippen LogP contribution in [0, 0.1) is 0 Å². The van der Waals surface area contributed by atoms with E-state index in [9.17, 15) is 4.79 Å². The maximum atomic E-state index is 11.9. The molecule has 1 heterocycles. The summed E-state index contributed by atoms with van der Waals surface area (Å²) in [5.74, 6) is 1.57. The van der Waals surface area contributed by atoms with E-state index in [0.717, 1.165) is 17.4 Å². The van der Waals surface area contributed by atoms with Gasteiger partial charge in [0.1, 0.15) is 11.1 Å². The molecule has 2 saturated carbocycles. The molecule has 0 aliphatic heterocycles. The predicted molar refractivity (Wildman–Crippen MR) is 76.8 cm³/mol. The van der Waals surface area contributed by atoms with Crippen molar-refractivity contribution in [2.45, 2.75) is 68.3 Å². The maximum absolute atomic E-state index is 11.9. The highest BCUT2D eigenvalue weighted by molar-refractivity contribution is 8.00. The Morgan fingerprint density at radius 3 is 2.75 bits per heavy atom. The van der Waals surface area contributed by atoms with E-state index in [1.807, 2.05) is 13.8 Å². The number of hydrogen-bond acceptors (Lipinski definition) is 5. The number of esters is 1. The van der Waals surface area contributed by atoms with Crippen molar-refractivity contribution in [2.75, 3.05) is 6.61 Å². The molecule has 0 aromatic carbocycles. The van der Waals surface area contributed by atoms with Crippen molar-refractivity contribution in [1.82, 2.24) is 14.8 Å². The first-order valence-corrected chi connectivity index (χ1v) is 8.36. The first-order chi connectivity index (χ1) is 9.70. The molecule has 0 amide bonds. The molecule has 3 rings (SSSR count). The summed E-state index contributed by atoms with van der Waals surface area (Å²) in [5, 5.41) is 9.32. The van der Waals surface area contributed by atoms with Gasteiger partial charge in [-0.3, -0.25) is 4.79 Å². The molecule has 6 heteroatoms. The third kappa shape index (κ3) is 3.00. The van der Waals surface area contributed by atoms with Gasteiger partial charge in [-0.05, 0) is 39.0 Å². The lowest BCUT2D eigenvalue weighted by Crippen LogP contribution is -2.18. The van der Waals surface area contributed by atoms with Gasteiger partial charge in [0.15, 0.2) is 5.16 Å². The molecule has 2 aliphatic carbocycles. The second-order valence-electron chi connectivity index (χ2n) is 5.64. The van der Waals surface area contributed by atoms with E-state index in [4.69, 9.17) is 4.74 Å². The molecular formula is C14H21N3O2S. The van der Waals surface area contributed by atoms with Gasteiger partial charge in [0.25, 0.3) is 0 Å². The molecule has 0 radical (unpaired) electrons. The largest absolute Gasteiger partial charge is 0.465 e. The number of nitrogens with zero attached hydrogens (tertiary/aromatic N) is 3. The van der Waals surface area contributed by atoms with E-state index in [2.05, 4.69) is 14.8 Å². The number of carbonyl (C=O) groups is 1. The van der Waals surface area contributed by atoms with Crippen LogP contribution in [0.3, 0.4) is 0 Å². The highest BCUT2D eigenvalue weighted by Gasteiger charge is 2.37. The minimum Gasteiger partial charge on any atom is -0.465 e. The van der Waals surface area contributed by atoms with Crippen LogP contribution in [-0.2, 0) is 9.53 Å². The zero-order chi connectivity index (χ0) is 14.1. The van der Waals surface area contributed by atoms with Gasteiger partial charge in [-0.15, -0.1) is 10.2 Å². The lowest BCUT2D eigenvalue weighted by atomic mass is 10.4. The number of carbonyl (C=O) groups excluding carboxylic acids is 1. The third-order valence-electron chi connectivity index (χ3n) is 3.61. The molecule has 1 atom stereocenters. The fraction of sp³-hybridized carbons (Fsp3) is 0.786. The van der Waals surface area contributed by atoms with E-state index in [1.54, 1.807) is 0 Å². The zero-order valence-electron chi connectivity index (χ0n) is 12.0. The van der Waals surface area contributed by atoms with Crippen LogP contribution in [0.25, 0.3) is 0 Å². The zero-order valence-corrected chi connectivity index (χ0v) is 12.9. The summed E-state index contributed by atoms with van der Waals surface area (Å²) in [6.45, 7) is 4.37. The fourth-order valence-corrected chi connectivity index (χ4v) is 3.12. The smallest absolute Gasteiger partial charge is 0.319 e. The Kier molecular flexibility index (Phi) is 4.01. The Bertz CT molecular complexity index is 495. The molecule has 1 aromatic heterocycles. The Balaban J connectivity index is 1.69. The topological polar surface area (TPSA) is 57.0 Å². The van der Waals surface area contributed by atoms with E-state index in [-0.39, 0.29) is 11.2 Å². The average molecular weight is 295 g/mol. The first kappa shape index (κ1) is 13.9. The first-order valence-electron chi connectivity index (χ1n) is 7.48. The summed E-state index contributed by atoms with van der Waals surface area (Å²) in [6, 6.07) is 0.557. The summed E-state index contributed by atoms with van der Waals surface area (Å²) < 4.78 is 7.46. The minimum absolute atomic E-state index is 0.157. The van der Waals surface area contributed by atoms with Crippen LogP contribution < -0.4 is 0 Å². The molecule has 1 unspecified atom stereocenters. The standard InChI is InChI=1S/C14H21N3O2S/c1-3-8-19-13(18)9(2)20-14-16-15-12(10-4-5-10)17(14)11-6-7-11/h9-11H,3-8H2,1-2H3. The van der Waals surface area contributed by atoms with E-state index in [1.165, 1.54) is 37.4 Å². The van der Waals surface area contributed by atoms with Crippen LogP contribution in [0.15, 0.2) is 5.16 Å². The Morgan fingerprint density at radius 2 is 2.15 bits per heavy atom. The van der Waals surface area contributed by atoms with Gasteiger partial charge in [-0.1, -0.05) is 18.7 Å². The van der Waals surface area contributed by atoms with Gasteiger partial charge in [0, 0.05) is 12.0 Å². The van der Waals surface area contributed by atoms with Crippen LogP contribution in [0.4, 0.5) is 0 Å². The van der Waals surface area contributed by atoms with Crippen molar-refractivity contribution >= 4 is 17.7 Å². The number of aromatic nitrogens is 3. The molecule has 2 fully saturated rings. The number of ether oxygens (including phenoxy) is 1. The van der Waals surface area contributed by atoms with Crippen LogP contribution in [0.5, 0.6) is 0 Å². The fourth-order valence-electron chi connectivity index (χ4n) is 2.19. The highest BCUT2D eigenvalue weighted by Crippen LogP contribution is 2.46. The van der Waals surface area contributed by atoms with Gasteiger partial charge < -0.3 is 9.30 Å². The quantitative estimate of drug-likeness (QED) is 0.572. The summed E-state index contributed by atoms with van der Waals surface area (Å²) >= 11 is 1.48. The highest BCUT2D eigenvalue weighted by atomic mass is 32.2. The van der Waals surface area contributed by atoms with E-state index < -0.39 is 0 Å². The van der Waals surface area contributed by atoms with Crippen LogP contribution >= 0.6 is 11.8 Å². The molecule has 1 aromatic rings. The van der Waals surface area contributed by atoms with Gasteiger partial charge in [0.2, 0.25) is 0 Å². The van der Waals surface area contributed by atoms with E-state index in [0.29, 0.717) is 18.6 Å². The predicted octanol–water partition coefficient (Wildman–Crippen LogP) is 2.92. The SMILES string of the molecule is CCCOC(=O)C(C)Sc1nnc(C2CC2)n1C1CC1. The summed E-state index contributed by atoms with van der Waals surface area (Å²) in [5.41, 5.74) is 0. The van der Waals surface area contributed by atoms with Crippen molar-refractivity contribution in [3.8, 4) is 0 Å². The Labute approximate surface area is 123 Å². The van der Waals surface area contributed by atoms with Crippen LogP contribution in [0.2, 0.25) is 0 Å². The maximum Gasteiger partial charge on any atom is 0.319 e. The van der Waals surface area contributed by atoms with Crippen LogP contribution in [0.1, 0.15) is 63.7 Å². The van der Waals surface area contributed by atoms with Crippen molar-refractivity contribution in [3.63, 3.8) is 0 Å². The van der Waals surface area contributed by atoms with Gasteiger partial charge in [-0.2, -0.15) is 0 Å². The van der Waals surface area contributed by atoms with Crippen molar-refractivity contribution in [2.24, 2.45) is 0 Å². The third-order valence-corrected chi connectivity index (χ3v) is 4.64. The van der Waals surface area contributed by atoms with E-state index >= 15 is 0 Å². The lowest BCUT2D eigenvalue weighted by Gasteiger charge is -2.12. The molecule has 20 heavy (non-hydrogen) atoms. The minimum atomic E-state index is -0.227. The molecule has 0 N–H and O–H groups in total.